The average Bonchev–Trinajstić information content (AvgIpc) is 2.44. The Bertz CT molecular complexity index is 710. The molecule has 0 aliphatic rings. The van der Waals surface area contributed by atoms with Crippen molar-refractivity contribution in [2.24, 2.45) is 0 Å². The third kappa shape index (κ3) is 3.25. The van der Waals surface area contributed by atoms with Crippen LogP contribution in [0.25, 0.3) is 11.1 Å². The van der Waals surface area contributed by atoms with E-state index in [1.807, 2.05) is 0 Å². The minimum absolute atomic E-state index is 0.0161. The molecule has 0 aliphatic carbocycles. The number of rotatable bonds is 3. The van der Waals surface area contributed by atoms with Crippen LogP contribution in [0.1, 0.15) is 17.2 Å². The summed E-state index contributed by atoms with van der Waals surface area (Å²) in [6.45, 7) is 0. The van der Waals surface area contributed by atoms with Crippen LogP contribution >= 0.6 is 0 Å². The highest BCUT2D eigenvalue weighted by molar-refractivity contribution is 5.79. The van der Waals surface area contributed by atoms with Gasteiger partial charge in [0, 0.05) is 5.56 Å². The Kier molecular flexibility index (Phi) is 4.18. The van der Waals surface area contributed by atoms with E-state index in [4.69, 9.17) is 5.11 Å². The van der Waals surface area contributed by atoms with Gasteiger partial charge in [-0.05, 0) is 35.4 Å². The molecule has 0 aliphatic heterocycles. The lowest BCUT2D eigenvalue weighted by atomic mass is 9.94. The summed E-state index contributed by atoms with van der Waals surface area (Å²) >= 11 is 0. The van der Waals surface area contributed by atoms with E-state index < -0.39 is 35.2 Å². The molecular weight excluding hydrogens is 304 g/mol. The van der Waals surface area contributed by atoms with Crippen LogP contribution in [0.4, 0.5) is 17.6 Å². The molecule has 22 heavy (non-hydrogen) atoms. The standard InChI is InChI=1S/C15H10F4O3/c16-10-3-1-2-8(6-10)11-5-4-9(15(17,18)19)7-12(11)13(20)14(21)22/h1-7,13,20H,(H,21,22). The second-order valence-corrected chi connectivity index (χ2v) is 4.55. The lowest BCUT2D eigenvalue weighted by molar-refractivity contribution is -0.147. The van der Waals surface area contributed by atoms with Crippen molar-refractivity contribution in [2.75, 3.05) is 0 Å². The van der Waals surface area contributed by atoms with Gasteiger partial charge >= 0.3 is 12.1 Å². The fraction of sp³-hybridized carbons (Fsp3) is 0.133. The summed E-state index contributed by atoms with van der Waals surface area (Å²) in [5, 5.41) is 18.5. The second-order valence-electron chi connectivity index (χ2n) is 4.55. The second kappa shape index (κ2) is 5.76. The van der Waals surface area contributed by atoms with Crippen molar-refractivity contribution in [3.05, 3.63) is 59.4 Å². The van der Waals surface area contributed by atoms with Gasteiger partial charge < -0.3 is 10.2 Å². The lowest BCUT2D eigenvalue weighted by Crippen LogP contribution is -2.14. The number of halogens is 4. The Labute approximate surface area is 122 Å². The maximum atomic E-state index is 13.3. The molecule has 1 unspecified atom stereocenters. The highest BCUT2D eigenvalue weighted by Crippen LogP contribution is 2.36. The van der Waals surface area contributed by atoms with Gasteiger partial charge in [-0.25, -0.2) is 9.18 Å². The summed E-state index contributed by atoms with van der Waals surface area (Å²) in [5.41, 5.74) is -1.36. The number of carboxylic acid groups (broad SMARTS) is 1. The largest absolute Gasteiger partial charge is 0.479 e. The van der Waals surface area contributed by atoms with E-state index in [0.717, 1.165) is 24.3 Å². The summed E-state index contributed by atoms with van der Waals surface area (Å²) in [6.07, 6.45) is -6.84. The Morgan fingerprint density at radius 2 is 1.77 bits per heavy atom. The first kappa shape index (κ1) is 16.0. The Morgan fingerprint density at radius 1 is 1.09 bits per heavy atom. The zero-order chi connectivity index (χ0) is 16.5. The minimum Gasteiger partial charge on any atom is -0.479 e. The van der Waals surface area contributed by atoms with Crippen LogP contribution in [-0.2, 0) is 11.0 Å². The van der Waals surface area contributed by atoms with Gasteiger partial charge in [-0.15, -0.1) is 0 Å². The van der Waals surface area contributed by atoms with Gasteiger partial charge in [-0.3, -0.25) is 0 Å². The van der Waals surface area contributed by atoms with Crippen LogP contribution in [0.15, 0.2) is 42.5 Å². The molecule has 2 N–H and O–H groups in total. The molecule has 0 saturated heterocycles. The third-order valence-electron chi connectivity index (χ3n) is 3.04. The number of aliphatic hydroxyl groups is 1. The van der Waals surface area contributed by atoms with Crippen molar-refractivity contribution in [1.82, 2.24) is 0 Å². The quantitative estimate of drug-likeness (QED) is 0.851. The SMILES string of the molecule is O=C(O)C(O)c1cc(C(F)(F)F)ccc1-c1cccc(F)c1. The topological polar surface area (TPSA) is 57.5 Å². The van der Waals surface area contributed by atoms with Gasteiger partial charge in [0.15, 0.2) is 6.10 Å². The summed E-state index contributed by atoms with van der Waals surface area (Å²) in [7, 11) is 0. The van der Waals surface area contributed by atoms with Crippen LogP contribution in [0.3, 0.4) is 0 Å². The summed E-state index contributed by atoms with van der Waals surface area (Å²) in [4.78, 5) is 10.9. The van der Waals surface area contributed by atoms with E-state index in [-0.39, 0.29) is 11.1 Å². The van der Waals surface area contributed by atoms with E-state index in [1.165, 1.54) is 12.1 Å². The first-order valence-electron chi connectivity index (χ1n) is 6.08. The maximum Gasteiger partial charge on any atom is 0.416 e. The van der Waals surface area contributed by atoms with Gasteiger partial charge in [-0.1, -0.05) is 18.2 Å². The van der Waals surface area contributed by atoms with Gasteiger partial charge in [0.05, 0.1) is 5.56 Å². The molecule has 0 spiro atoms. The van der Waals surface area contributed by atoms with Gasteiger partial charge in [0.1, 0.15) is 5.82 Å². The summed E-state index contributed by atoms with van der Waals surface area (Å²) < 4.78 is 51.5. The van der Waals surface area contributed by atoms with Crippen LogP contribution in [-0.4, -0.2) is 16.2 Å². The number of benzene rings is 2. The molecule has 2 aromatic carbocycles. The zero-order valence-electron chi connectivity index (χ0n) is 10.9. The van der Waals surface area contributed by atoms with Crippen molar-refractivity contribution in [1.29, 1.82) is 0 Å². The molecule has 0 bridgehead atoms. The van der Waals surface area contributed by atoms with E-state index >= 15 is 0 Å². The number of hydrogen-bond donors (Lipinski definition) is 2. The van der Waals surface area contributed by atoms with Crippen LogP contribution in [0.2, 0.25) is 0 Å². The minimum atomic E-state index is -4.69. The highest BCUT2D eigenvalue weighted by Gasteiger charge is 2.32. The zero-order valence-corrected chi connectivity index (χ0v) is 10.9. The number of aliphatic hydroxyl groups excluding tert-OH is 1. The molecule has 0 radical (unpaired) electrons. The van der Waals surface area contributed by atoms with Crippen LogP contribution < -0.4 is 0 Å². The first-order chi connectivity index (χ1) is 10.2. The average molecular weight is 314 g/mol. The molecule has 0 heterocycles. The summed E-state index contributed by atoms with van der Waals surface area (Å²) in [6, 6.07) is 7.24. The third-order valence-corrected chi connectivity index (χ3v) is 3.04. The van der Waals surface area contributed by atoms with E-state index in [1.54, 1.807) is 0 Å². The van der Waals surface area contributed by atoms with Crippen molar-refractivity contribution in [2.45, 2.75) is 12.3 Å². The van der Waals surface area contributed by atoms with Gasteiger partial charge in [0.25, 0.3) is 0 Å². The number of aliphatic carboxylic acids is 1. The molecule has 2 aromatic rings. The lowest BCUT2D eigenvalue weighted by Gasteiger charge is -2.16. The fourth-order valence-electron chi connectivity index (χ4n) is 2.02. The van der Waals surface area contributed by atoms with Crippen molar-refractivity contribution in [3.63, 3.8) is 0 Å². The molecule has 116 valence electrons. The van der Waals surface area contributed by atoms with Crippen molar-refractivity contribution >= 4 is 5.97 Å². The van der Waals surface area contributed by atoms with Crippen molar-refractivity contribution < 1.29 is 32.6 Å². The monoisotopic (exact) mass is 314 g/mol. The smallest absolute Gasteiger partial charge is 0.416 e. The van der Waals surface area contributed by atoms with E-state index in [0.29, 0.717) is 6.07 Å². The number of alkyl halides is 3. The molecule has 0 fully saturated rings. The molecule has 3 nitrogen and oxygen atoms in total. The fourth-order valence-corrected chi connectivity index (χ4v) is 2.02. The predicted octanol–water partition coefficient (Wildman–Crippen LogP) is 3.63. The van der Waals surface area contributed by atoms with Crippen LogP contribution in [0, 0.1) is 5.82 Å². The number of carboxylic acids is 1. The molecule has 0 saturated carbocycles. The van der Waals surface area contributed by atoms with Crippen LogP contribution in [0.5, 0.6) is 0 Å². The maximum absolute atomic E-state index is 13.3. The molecule has 0 amide bonds. The Hall–Kier alpha value is -2.41. The van der Waals surface area contributed by atoms with E-state index in [2.05, 4.69) is 0 Å². The summed E-state index contributed by atoms with van der Waals surface area (Å²) in [5.74, 6) is -2.33. The van der Waals surface area contributed by atoms with Crippen molar-refractivity contribution in [3.8, 4) is 11.1 Å². The molecule has 2 rings (SSSR count). The Morgan fingerprint density at radius 3 is 2.32 bits per heavy atom. The molecule has 1 atom stereocenters. The molecule has 7 heteroatoms. The van der Waals surface area contributed by atoms with Gasteiger partial charge in [0.2, 0.25) is 0 Å². The molecule has 0 aromatic heterocycles. The molecular formula is C15H10F4O3. The number of carbonyl (C=O) groups is 1. The van der Waals surface area contributed by atoms with E-state index in [9.17, 15) is 27.5 Å². The predicted molar refractivity (Wildman–Crippen MR) is 69.4 cm³/mol. The Balaban J connectivity index is 2.65. The highest BCUT2D eigenvalue weighted by atomic mass is 19.4. The first-order valence-corrected chi connectivity index (χ1v) is 6.08. The van der Waals surface area contributed by atoms with Gasteiger partial charge in [-0.2, -0.15) is 13.2 Å². The number of hydrogen-bond acceptors (Lipinski definition) is 2. The normalized spacial score (nSPS) is 13.0.